The predicted molar refractivity (Wildman–Crippen MR) is 130 cm³/mol. The average molecular weight is 504 g/mol. The summed E-state index contributed by atoms with van der Waals surface area (Å²) in [6.07, 6.45) is 0.498. The first-order valence-corrected chi connectivity index (χ1v) is 12.6. The van der Waals surface area contributed by atoms with Crippen LogP contribution in [0.5, 0.6) is 0 Å². The van der Waals surface area contributed by atoms with Gasteiger partial charge in [-0.25, -0.2) is 4.79 Å². The van der Waals surface area contributed by atoms with Crippen LogP contribution in [0.4, 0.5) is 0 Å². The molecule has 5 atom stereocenters. The maximum absolute atomic E-state index is 13.5. The molecule has 1 saturated carbocycles. The third-order valence-corrected chi connectivity index (χ3v) is 8.69. The van der Waals surface area contributed by atoms with Crippen LogP contribution in [0, 0.1) is 32.8 Å². The van der Waals surface area contributed by atoms with Gasteiger partial charge in [0.1, 0.15) is 6.42 Å². The highest BCUT2D eigenvalue weighted by Gasteiger charge is 2.76. The Balaban J connectivity index is 1.91. The number of ether oxygens (including phenoxy) is 3. The second kappa shape index (κ2) is 10.2. The summed E-state index contributed by atoms with van der Waals surface area (Å²) < 4.78 is 16.5. The molecule has 2 fully saturated rings. The highest BCUT2D eigenvalue weighted by atomic mass is 16.6. The molecule has 0 aromatic heterocycles. The average Bonchev–Trinajstić information content (AvgIpc) is 3.11. The minimum absolute atomic E-state index is 0.116. The minimum atomic E-state index is -1.38. The van der Waals surface area contributed by atoms with Crippen molar-refractivity contribution in [3.63, 3.8) is 0 Å². The van der Waals surface area contributed by atoms with Crippen LogP contribution in [0.25, 0.3) is 0 Å². The quantitative estimate of drug-likeness (QED) is 0.190. The Morgan fingerprint density at radius 1 is 1.11 bits per heavy atom. The molecule has 2 bridgehead atoms. The molecule has 1 aliphatic heterocycles. The molecule has 36 heavy (non-hydrogen) atoms. The number of carbonyl (C=O) groups is 3. The molecule has 3 rings (SSSR count). The Bertz CT molecular complexity index is 1010. The van der Waals surface area contributed by atoms with Crippen LogP contribution >= 0.6 is 0 Å². The largest absolute Gasteiger partial charge is 0.466 e. The summed E-state index contributed by atoms with van der Waals surface area (Å²) in [5, 5.41) is 12.2. The highest BCUT2D eigenvalue weighted by molar-refractivity contribution is 5.93. The lowest BCUT2D eigenvalue weighted by molar-refractivity contribution is -0.528. The first kappa shape index (κ1) is 27.6. The fraction of sp³-hybridized carbons (Fsp3) is 0.667. The molecule has 0 N–H and O–H groups in total. The van der Waals surface area contributed by atoms with E-state index in [1.54, 1.807) is 31.2 Å². The number of nitrogens with zero attached hydrogens (tertiary/aromatic N) is 1. The fourth-order valence-corrected chi connectivity index (χ4v) is 5.85. The van der Waals surface area contributed by atoms with E-state index in [0.29, 0.717) is 18.4 Å². The maximum atomic E-state index is 13.5. The fourth-order valence-electron chi connectivity index (χ4n) is 5.85. The van der Waals surface area contributed by atoms with E-state index in [-0.39, 0.29) is 19.1 Å². The number of rotatable bonds is 11. The Hall–Kier alpha value is -2.97. The summed E-state index contributed by atoms with van der Waals surface area (Å²) in [7, 11) is 0. The lowest BCUT2D eigenvalue weighted by Crippen LogP contribution is -2.49. The molecule has 1 heterocycles. The molecule has 0 radical (unpaired) electrons. The molecule has 9 heteroatoms. The van der Waals surface area contributed by atoms with E-state index in [2.05, 4.69) is 0 Å². The SMILES string of the molecule is CCOC(=O)CC([C@H](c1ccccc1)[C@H](COC(=O)[C@@]12CC[C@@](C)(C(=O)O1)C2(C)C)C(C)C)[N+](=O)[O-]. The van der Waals surface area contributed by atoms with Gasteiger partial charge in [0.2, 0.25) is 11.6 Å². The molecular weight excluding hydrogens is 466 g/mol. The molecule has 0 spiro atoms. The van der Waals surface area contributed by atoms with E-state index in [9.17, 15) is 24.5 Å². The Morgan fingerprint density at radius 2 is 1.75 bits per heavy atom. The van der Waals surface area contributed by atoms with Crippen LogP contribution in [0.2, 0.25) is 0 Å². The number of benzene rings is 1. The molecule has 1 aromatic carbocycles. The third-order valence-electron chi connectivity index (χ3n) is 8.69. The number of fused-ring (bicyclic) bond motifs is 2. The zero-order valence-corrected chi connectivity index (χ0v) is 21.9. The van der Waals surface area contributed by atoms with Gasteiger partial charge < -0.3 is 14.2 Å². The van der Waals surface area contributed by atoms with E-state index < -0.39 is 63.6 Å². The molecule has 1 aliphatic carbocycles. The predicted octanol–water partition coefficient (Wildman–Crippen LogP) is 4.31. The van der Waals surface area contributed by atoms with Crippen molar-refractivity contribution in [1.29, 1.82) is 0 Å². The molecular formula is C27H37NO8. The smallest absolute Gasteiger partial charge is 0.351 e. The van der Waals surface area contributed by atoms with Gasteiger partial charge in [0.25, 0.3) is 0 Å². The van der Waals surface area contributed by atoms with Gasteiger partial charge in [0, 0.05) is 16.3 Å². The molecule has 0 amide bonds. The van der Waals surface area contributed by atoms with Gasteiger partial charge >= 0.3 is 17.9 Å². The van der Waals surface area contributed by atoms with Crippen molar-refractivity contribution in [1.82, 2.24) is 0 Å². The number of hydrogen-bond donors (Lipinski definition) is 0. The van der Waals surface area contributed by atoms with Gasteiger partial charge in [-0.3, -0.25) is 19.7 Å². The first-order chi connectivity index (χ1) is 16.8. The van der Waals surface area contributed by atoms with E-state index in [4.69, 9.17) is 14.2 Å². The monoisotopic (exact) mass is 503 g/mol. The third kappa shape index (κ3) is 4.48. The number of hydrogen-bond acceptors (Lipinski definition) is 8. The van der Waals surface area contributed by atoms with Crippen LogP contribution in [0.1, 0.15) is 72.3 Å². The van der Waals surface area contributed by atoms with Crippen molar-refractivity contribution in [3.05, 3.63) is 46.0 Å². The lowest BCUT2D eigenvalue weighted by atomic mass is 9.66. The van der Waals surface area contributed by atoms with E-state index in [0.717, 1.165) is 0 Å². The normalized spacial score (nSPS) is 26.7. The summed E-state index contributed by atoms with van der Waals surface area (Å²) in [5.41, 5.74) is -2.23. The highest BCUT2D eigenvalue weighted by Crippen LogP contribution is 2.65. The van der Waals surface area contributed by atoms with Gasteiger partial charge in [-0.15, -0.1) is 0 Å². The van der Waals surface area contributed by atoms with Gasteiger partial charge in [-0.2, -0.15) is 0 Å². The number of carbonyl (C=O) groups excluding carboxylic acids is 3. The van der Waals surface area contributed by atoms with Crippen LogP contribution < -0.4 is 0 Å². The zero-order chi connectivity index (χ0) is 26.9. The van der Waals surface area contributed by atoms with Crippen molar-refractivity contribution in [3.8, 4) is 0 Å². The molecule has 198 valence electrons. The van der Waals surface area contributed by atoms with Crippen molar-refractivity contribution < 1.29 is 33.5 Å². The number of esters is 3. The molecule has 9 nitrogen and oxygen atoms in total. The van der Waals surface area contributed by atoms with Crippen molar-refractivity contribution >= 4 is 17.9 Å². The van der Waals surface area contributed by atoms with E-state index in [1.807, 2.05) is 40.7 Å². The minimum Gasteiger partial charge on any atom is -0.466 e. The molecule has 1 aromatic rings. The van der Waals surface area contributed by atoms with Gasteiger partial charge in [-0.05, 0) is 38.2 Å². The van der Waals surface area contributed by atoms with Crippen molar-refractivity contribution in [2.24, 2.45) is 22.7 Å². The summed E-state index contributed by atoms with van der Waals surface area (Å²) >= 11 is 0. The van der Waals surface area contributed by atoms with Crippen LogP contribution in [-0.4, -0.2) is 47.7 Å². The molecule has 2 aliphatic rings. The summed E-state index contributed by atoms with van der Waals surface area (Å²) in [4.78, 5) is 50.1. The maximum Gasteiger partial charge on any atom is 0.351 e. The molecule has 1 unspecified atom stereocenters. The van der Waals surface area contributed by atoms with Crippen molar-refractivity contribution in [2.75, 3.05) is 13.2 Å². The second-order valence-corrected chi connectivity index (χ2v) is 11.0. The van der Waals surface area contributed by atoms with Gasteiger partial charge in [-0.1, -0.05) is 58.0 Å². The molecule has 1 saturated heterocycles. The Morgan fingerprint density at radius 3 is 2.22 bits per heavy atom. The standard InChI is InChI=1S/C27H37NO8/c1-7-34-21(29)15-20(28(32)33)22(18-11-9-8-10-12-18)19(17(2)3)16-35-24(31)27-14-13-26(6,23(30)36-27)25(27,4)5/h8-12,17,19-20,22H,7,13-16H2,1-6H3/t19-,20?,22-,26+,27-/m1/s1. The van der Waals surface area contributed by atoms with Gasteiger partial charge in [0.05, 0.1) is 24.5 Å². The second-order valence-electron chi connectivity index (χ2n) is 11.0. The number of nitro groups is 1. The van der Waals surface area contributed by atoms with E-state index in [1.165, 1.54) is 0 Å². The van der Waals surface area contributed by atoms with Crippen molar-refractivity contribution in [2.45, 2.75) is 78.4 Å². The summed E-state index contributed by atoms with van der Waals surface area (Å²) in [5.74, 6) is -3.00. The topological polar surface area (TPSA) is 122 Å². The van der Waals surface area contributed by atoms with Crippen LogP contribution in [-0.2, 0) is 28.6 Å². The summed E-state index contributed by atoms with van der Waals surface area (Å²) in [6.45, 7) is 11.0. The van der Waals surface area contributed by atoms with Crippen LogP contribution in [0.3, 0.4) is 0 Å². The zero-order valence-electron chi connectivity index (χ0n) is 21.9. The Labute approximate surface area is 212 Å². The lowest BCUT2D eigenvalue weighted by Gasteiger charge is -2.36. The van der Waals surface area contributed by atoms with Gasteiger partial charge in [0.15, 0.2) is 0 Å². The first-order valence-electron chi connectivity index (χ1n) is 12.6. The van der Waals surface area contributed by atoms with Crippen LogP contribution in [0.15, 0.2) is 30.3 Å². The van der Waals surface area contributed by atoms with E-state index >= 15 is 0 Å². The Kier molecular flexibility index (Phi) is 7.81. The summed E-state index contributed by atoms with van der Waals surface area (Å²) in [6, 6.07) is 7.67.